The summed E-state index contributed by atoms with van der Waals surface area (Å²) < 4.78 is 51.2. The van der Waals surface area contributed by atoms with E-state index in [1.165, 1.54) is 12.1 Å². The van der Waals surface area contributed by atoms with Gasteiger partial charge in [0.1, 0.15) is 17.3 Å². The zero-order valence-corrected chi connectivity index (χ0v) is 13.2. The summed E-state index contributed by atoms with van der Waals surface area (Å²) in [7, 11) is 0. The second-order valence-corrected chi connectivity index (χ2v) is 5.61. The van der Waals surface area contributed by atoms with Gasteiger partial charge >= 0.3 is 12.1 Å². The lowest BCUT2D eigenvalue weighted by Gasteiger charge is -2.42. The number of carbonyl (C=O) groups excluding carboxylic acids is 1. The molecule has 1 amide bonds. The van der Waals surface area contributed by atoms with Crippen molar-refractivity contribution in [1.82, 2.24) is 4.90 Å². The van der Waals surface area contributed by atoms with Crippen LogP contribution in [0.4, 0.5) is 23.2 Å². The van der Waals surface area contributed by atoms with Gasteiger partial charge in [-0.2, -0.15) is 13.2 Å². The summed E-state index contributed by atoms with van der Waals surface area (Å²) in [5.74, 6) is -2.37. The highest BCUT2D eigenvalue weighted by molar-refractivity contribution is 6.04. The normalized spacial score (nSPS) is 19.0. The van der Waals surface area contributed by atoms with E-state index < -0.39 is 23.6 Å². The highest BCUT2D eigenvalue weighted by Gasteiger charge is 2.46. The molecule has 0 bridgehead atoms. The molecule has 2 heterocycles. The van der Waals surface area contributed by atoms with E-state index in [9.17, 15) is 22.4 Å². The number of hydrogen-bond acceptors (Lipinski definition) is 4. The number of benzene rings is 1. The predicted molar refractivity (Wildman–Crippen MR) is 82.6 cm³/mol. The summed E-state index contributed by atoms with van der Waals surface area (Å²) in [5.41, 5.74) is 5.53. The Kier molecular flexibility index (Phi) is 4.67. The number of nitrogens with two attached hydrogens (primary N) is 1. The van der Waals surface area contributed by atoms with Gasteiger partial charge in [0.05, 0.1) is 5.56 Å². The number of likely N-dealkylation sites (tertiary alicyclic amines) is 1. The number of amidine groups is 1. The van der Waals surface area contributed by atoms with E-state index in [1.54, 1.807) is 6.07 Å². The van der Waals surface area contributed by atoms with Crippen LogP contribution in [-0.4, -0.2) is 41.6 Å². The maximum absolute atomic E-state index is 13.8. The minimum absolute atomic E-state index is 0. The summed E-state index contributed by atoms with van der Waals surface area (Å²) in [4.78, 5) is 16.3. The van der Waals surface area contributed by atoms with E-state index in [1.807, 2.05) is 0 Å². The van der Waals surface area contributed by atoms with Crippen LogP contribution in [-0.2, 0) is 4.79 Å². The summed E-state index contributed by atoms with van der Waals surface area (Å²) >= 11 is 0. The Morgan fingerprint density at radius 2 is 1.92 bits per heavy atom. The van der Waals surface area contributed by atoms with Crippen molar-refractivity contribution in [3.05, 3.63) is 29.6 Å². The van der Waals surface area contributed by atoms with Crippen LogP contribution in [0.15, 0.2) is 23.2 Å². The number of aliphatic imine (C=N–C) groups is 1. The molecule has 132 valence electrons. The molecule has 1 aromatic carbocycles. The molecule has 0 aliphatic carbocycles. The van der Waals surface area contributed by atoms with Crippen molar-refractivity contribution in [2.24, 2.45) is 10.7 Å². The van der Waals surface area contributed by atoms with Crippen LogP contribution in [0.3, 0.4) is 0 Å². The first-order valence-corrected chi connectivity index (χ1v) is 7.00. The Hall–Kier alpha value is -2.03. The number of carbonyl (C=O) groups is 1. The molecule has 1 saturated heterocycles. The van der Waals surface area contributed by atoms with Crippen LogP contribution in [0.5, 0.6) is 0 Å². The highest BCUT2D eigenvalue weighted by atomic mass is 35.5. The van der Waals surface area contributed by atoms with E-state index in [-0.39, 0.29) is 49.7 Å². The molecule has 0 saturated carbocycles. The Labute approximate surface area is 141 Å². The van der Waals surface area contributed by atoms with Gasteiger partial charge in [0, 0.05) is 31.6 Å². The number of piperidine rings is 1. The Morgan fingerprint density at radius 3 is 2.50 bits per heavy atom. The molecule has 2 aliphatic rings. The molecule has 10 heteroatoms. The van der Waals surface area contributed by atoms with Gasteiger partial charge in [-0.1, -0.05) is 6.07 Å². The molecule has 0 unspecified atom stereocenters. The third kappa shape index (κ3) is 3.12. The lowest BCUT2D eigenvalue weighted by molar-refractivity contribution is -0.186. The van der Waals surface area contributed by atoms with Crippen LogP contribution in [0.25, 0.3) is 0 Å². The minimum atomic E-state index is -4.89. The third-order valence-corrected chi connectivity index (χ3v) is 4.09. The van der Waals surface area contributed by atoms with Crippen molar-refractivity contribution >= 4 is 29.8 Å². The van der Waals surface area contributed by atoms with Gasteiger partial charge < -0.3 is 16.0 Å². The molecule has 24 heavy (non-hydrogen) atoms. The number of nitrogens with zero attached hydrogens (tertiary/aromatic N) is 2. The van der Waals surface area contributed by atoms with Gasteiger partial charge in [0.25, 0.3) is 0 Å². The first-order chi connectivity index (χ1) is 10.7. The fraction of sp³-hybridized carbons (Fsp3) is 0.429. The van der Waals surface area contributed by atoms with E-state index in [4.69, 9.17) is 5.73 Å². The van der Waals surface area contributed by atoms with Crippen LogP contribution in [0.1, 0.15) is 18.4 Å². The van der Waals surface area contributed by atoms with Crippen LogP contribution >= 0.6 is 12.4 Å². The molecule has 1 spiro atoms. The van der Waals surface area contributed by atoms with Gasteiger partial charge in [0.15, 0.2) is 0 Å². The zero-order chi connectivity index (χ0) is 16.8. The van der Waals surface area contributed by atoms with E-state index >= 15 is 0 Å². The lowest BCUT2D eigenvalue weighted by Crippen LogP contribution is -2.54. The smallest absolute Gasteiger partial charge is 0.383 e. The van der Waals surface area contributed by atoms with Crippen molar-refractivity contribution < 1.29 is 22.4 Å². The number of anilines is 1. The van der Waals surface area contributed by atoms with Gasteiger partial charge in [-0.05, 0) is 12.1 Å². The molecule has 1 aromatic rings. The van der Waals surface area contributed by atoms with Crippen LogP contribution < -0.4 is 11.1 Å². The van der Waals surface area contributed by atoms with Crippen molar-refractivity contribution in [1.29, 1.82) is 0 Å². The molecule has 5 nitrogen and oxygen atoms in total. The summed E-state index contributed by atoms with van der Waals surface area (Å²) in [6, 6.07) is 4.40. The second-order valence-electron chi connectivity index (χ2n) is 5.61. The van der Waals surface area contributed by atoms with E-state index in [2.05, 4.69) is 10.3 Å². The fourth-order valence-corrected chi connectivity index (χ4v) is 2.95. The Balaban J connectivity index is 0.00000208. The standard InChI is InChI=1S/C14H14F4N4O.ClH/c15-8-2-1-3-9-10(8)11(19)21-13(20-9)4-6-22(7-5-13)12(23)14(16,17)18;/h1-3,20H,4-7H2,(H2,19,21);1H. The SMILES string of the molecule is Cl.NC1=NC2(CCN(C(=O)C(F)(F)F)CC2)Nc2cccc(F)c21. The number of amides is 1. The van der Waals surface area contributed by atoms with Crippen molar-refractivity contribution in [3.8, 4) is 0 Å². The van der Waals surface area contributed by atoms with E-state index in [0.29, 0.717) is 5.69 Å². The number of nitrogens with one attached hydrogen (secondary N) is 1. The first-order valence-electron chi connectivity index (χ1n) is 7.00. The van der Waals surface area contributed by atoms with Crippen LogP contribution in [0.2, 0.25) is 0 Å². The summed E-state index contributed by atoms with van der Waals surface area (Å²) in [5, 5.41) is 3.06. The quantitative estimate of drug-likeness (QED) is 0.692. The Bertz CT molecular complexity index is 684. The van der Waals surface area contributed by atoms with Crippen molar-refractivity contribution in [3.63, 3.8) is 0 Å². The molecular weight excluding hydrogens is 352 g/mol. The number of rotatable bonds is 0. The average molecular weight is 367 g/mol. The maximum atomic E-state index is 13.8. The summed E-state index contributed by atoms with van der Waals surface area (Å²) in [6.45, 7) is -0.209. The van der Waals surface area contributed by atoms with Crippen LogP contribution in [0, 0.1) is 5.82 Å². The van der Waals surface area contributed by atoms with Gasteiger partial charge in [-0.15, -0.1) is 12.4 Å². The minimum Gasteiger partial charge on any atom is -0.383 e. The molecule has 0 aromatic heterocycles. The third-order valence-electron chi connectivity index (χ3n) is 4.09. The second kappa shape index (κ2) is 6.12. The molecule has 0 radical (unpaired) electrons. The highest BCUT2D eigenvalue weighted by Crippen LogP contribution is 2.35. The zero-order valence-electron chi connectivity index (χ0n) is 12.4. The number of hydrogen-bond donors (Lipinski definition) is 2. The average Bonchev–Trinajstić information content (AvgIpc) is 2.46. The topological polar surface area (TPSA) is 70.7 Å². The molecule has 2 aliphatic heterocycles. The molecule has 3 N–H and O–H groups in total. The van der Waals surface area contributed by atoms with Gasteiger partial charge in [-0.3, -0.25) is 4.79 Å². The molecule has 1 fully saturated rings. The largest absolute Gasteiger partial charge is 0.471 e. The lowest BCUT2D eigenvalue weighted by atomic mass is 9.93. The van der Waals surface area contributed by atoms with Crippen molar-refractivity contribution in [2.45, 2.75) is 24.7 Å². The monoisotopic (exact) mass is 366 g/mol. The molecule has 3 rings (SSSR count). The maximum Gasteiger partial charge on any atom is 0.471 e. The fourth-order valence-electron chi connectivity index (χ4n) is 2.95. The van der Waals surface area contributed by atoms with E-state index in [0.717, 1.165) is 4.90 Å². The summed E-state index contributed by atoms with van der Waals surface area (Å²) in [6.07, 6.45) is -4.57. The molecular formula is C14H15ClF4N4O. The van der Waals surface area contributed by atoms with Gasteiger partial charge in [-0.25, -0.2) is 9.38 Å². The van der Waals surface area contributed by atoms with Gasteiger partial charge in [0.2, 0.25) is 0 Å². The number of alkyl halides is 3. The predicted octanol–water partition coefficient (Wildman–Crippen LogP) is 2.26. The Morgan fingerprint density at radius 1 is 1.29 bits per heavy atom. The number of halogens is 5. The van der Waals surface area contributed by atoms with Crippen molar-refractivity contribution in [2.75, 3.05) is 18.4 Å². The molecule has 0 atom stereocenters. The number of fused-ring (bicyclic) bond motifs is 1. The first kappa shape index (κ1) is 18.3.